The van der Waals surface area contributed by atoms with Gasteiger partial charge >= 0.3 is 12.4 Å². The lowest BCUT2D eigenvalue weighted by Crippen LogP contribution is -2.13. The highest BCUT2D eigenvalue weighted by atomic mass is 35.5. The van der Waals surface area contributed by atoms with Crippen LogP contribution in [0, 0.1) is 0 Å². The van der Waals surface area contributed by atoms with Crippen LogP contribution in [0.25, 0.3) is 0 Å². The molecule has 0 heterocycles. The van der Waals surface area contributed by atoms with Crippen LogP contribution >= 0.6 is 23.2 Å². The molecule has 1 aromatic carbocycles. The van der Waals surface area contributed by atoms with Crippen LogP contribution in [0.1, 0.15) is 16.7 Å². The molecule has 0 aliphatic rings. The summed E-state index contributed by atoms with van der Waals surface area (Å²) >= 11 is 10.6. The number of benzene rings is 1. The maximum atomic E-state index is 12.5. The predicted octanol–water partition coefficient (Wildman–Crippen LogP) is 5.12. The van der Waals surface area contributed by atoms with Gasteiger partial charge in [-0.3, -0.25) is 0 Å². The van der Waals surface area contributed by atoms with Crippen LogP contribution < -0.4 is 0 Å². The molecule has 0 bridgehead atoms. The first kappa shape index (κ1) is 14.4. The van der Waals surface area contributed by atoms with E-state index in [1.165, 1.54) is 0 Å². The van der Waals surface area contributed by atoms with Gasteiger partial charge in [-0.1, -0.05) is 11.6 Å². The average molecular weight is 297 g/mol. The molecule has 8 heteroatoms. The van der Waals surface area contributed by atoms with E-state index in [0.717, 1.165) is 0 Å². The van der Waals surface area contributed by atoms with Crippen LogP contribution in [0.4, 0.5) is 26.3 Å². The van der Waals surface area contributed by atoms with E-state index in [9.17, 15) is 26.3 Å². The fourth-order valence-electron chi connectivity index (χ4n) is 1.19. The van der Waals surface area contributed by atoms with Crippen LogP contribution in [-0.4, -0.2) is 0 Å². The van der Waals surface area contributed by atoms with Crippen molar-refractivity contribution in [2.24, 2.45) is 0 Å². The summed E-state index contributed by atoms with van der Waals surface area (Å²) in [6.07, 6.45) is -9.83. The molecule has 0 nitrogen and oxygen atoms in total. The molecule has 0 amide bonds. The Morgan fingerprint density at radius 3 is 1.82 bits per heavy atom. The Morgan fingerprint density at radius 2 is 1.47 bits per heavy atom. The molecule has 0 aliphatic carbocycles. The van der Waals surface area contributed by atoms with E-state index in [4.69, 9.17) is 23.2 Å². The monoisotopic (exact) mass is 296 g/mol. The highest BCUT2D eigenvalue weighted by Gasteiger charge is 2.39. The fraction of sp³-hybridized carbons (Fsp3) is 0.333. The normalized spacial score (nSPS) is 12.9. The first-order chi connectivity index (χ1) is 7.57. The Morgan fingerprint density at radius 1 is 0.941 bits per heavy atom. The molecule has 0 fully saturated rings. The molecule has 0 spiro atoms. The van der Waals surface area contributed by atoms with Gasteiger partial charge in [-0.2, -0.15) is 26.3 Å². The summed E-state index contributed by atoms with van der Waals surface area (Å²) in [5, 5.41) is -0.651. The summed E-state index contributed by atoms with van der Waals surface area (Å²) in [7, 11) is 0. The van der Waals surface area contributed by atoms with Gasteiger partial charge in [0, 0.05) is 10.9 Å². The lowest BCUT2D eigenvalue weighted by atomic mass is 10.0. The lowest BCUT2D eigenvalue weighted by molar-refractivity contribution is -0.143. The molecule has 0 unspecified atom stereocenters. The maximum Gasteiger partial charge on any atom is 0.416 e. The minimum atomic E-state index is -4.94. The van der Waals surface area contributed by atoms with E-state index in [1.54, 1.807) is 0 Å². The Kier molecular flexibility index (Phi) is 3.88. The zero-order chi connectivity index (χ0) is 13.4. The van der Waals surface area contributed by atoms with Gasteiger partial charge in [-0.15, -0.1) is 11.6 Å². The molecule has 0 aliphatic heterocycles. The summed E-state index contributed by atoms with van der Waals surface area (Å²) in [4.78, 5) is 0. The largest absolute Gasteiger partial charge is 0.416 e. The third-order valence-corrected chi connectivity index (χ3v) is 2.57. The number of hydrogen-bond donors (Lipinski definition) is 0. The van der Waals surface area contributed by atoms with Crippen molar-refractivity contribution in [2.45, 2.75) is 18.2 Å². The van der Waals surface area contributed by atoms with E-state index >= 15 is 0 Å². The number of halogens is 8. The fourth-order valence-corrected chi connectivity index (χ4v) is 1.83. The molecular formula is C9H4Cl2F6. The van der Waals surface area contributed by atoms with Crippen LogP contribution in [-0.2, 0) is 18.2 Å². The van der Waals surface area contributed by atoms with E-state index in [-0.39, 0.29) is 6.07 Å². The first-order valence-corrected chi connectivity index (χ1v) is 5.01. The minimum Gasteiger partial charge on any atom is -0.166 e. The molecule has 0 N–H and O–H groups in total. The molecule has 0 aromatic heterocycles. The van der Waals surface area contributed by atoms with Gasteiger partial charge in [0.25, 0.3) is 0 Å². The van der Waals surface area contributed by atoms with Gasteiger partial charge in [0.05, 0.1) is 11.1 Å². The van der Waals surface area contributed by atoms with Crippen molar-refractivity contribution in [3.63, 3.8) is 0 Å². The van der Waals surface area contributed by atoms with E-state index in [0.29, 0.717) is 6.07 Å². The van der Waals surface area contributed by atoms with Crippen molar-refractivity contribution in [1.29, 1.82) is 0 Å². The quantitative estimate of drug-likeness (QED) is 0.499. The number of hydrogen-bond acceptors (Lipinski definition) is 0. The second-order valence-electron chi connectivity index (χ2n) is 3.11. The van der Waals surface area contributed by atoms with Crippen LogP contribution in [0.15, 0.2) is 12.1 Å². The minimum absolute atomic E-state index is 0.00356. The van der Waals surface area contributed by atoms with E-state index in [1.807, 2.05) is 0 Å². The number of alkyl halides is 7. The smallest absolute Gasteiger partial charge is 0.166 e. The third kappa shape index (κ3) is 3.19. The van der Waals surface area contributed by atoms with Crippen molar-refractivity contribution in [2.75, 3.05) is 0 Å². The third-order valence-electron chi connectivity index (χ3n) is 1.96. The molecule has 96 valence electrons. The summed E-state index contributed by atoms with van der Waals surface area (Å²) in [5.41, 5.74) is -3.48. The molecule has 0 radical (unpaired) electrons. The topological polar surface area (TPSA) is 0 Å². The highest BCUT2D eigenvalue weighted by Crippen LogP contribution is 2.40. The van der Waals surface area contributed by atoms with Gasteiger partial charge in [-0.25, -0.2) is 0 Å². The highest BCUT2D eigenvalue weighted by molar-refractivity contribution is 6.32. The van der Waals surface area contributed by atoms with Crippen LogP contribution in [0.5, 0.6) is 0 Å². The van der Waals surface area contributed by atoms with Crippen molar-refractivity contribution in [1.82, 2.24) is 0 Å². The second kappa shape index (κ2) is 4.57. The molecular weight excluding hydrogens is 293 g/mol. The zero-order valence-electron chi connectivity index (χ0n) is 7.89. The van der Waals surface area contributed by atoms with Crippen LogP contribution in [0.3, 0.4) is 0 Å². The van der Waals surface area contributed by atoms with Gasteiger partial charge in [0.1, 0.15) is 0 Å². The van der Waals surface area contributed by atoms with Gasteiger partial charge < -0.3 is 0 Å². The summed E-state index contributed by atoms with van der Waals surface area (Å²) in [6, 6.07) is 0.429. The van der Waals surface area contributed by atoms with Crippen molar-refractivity contribution in [3.05, 3.63) is 33.8 Å². The molecule has 1 rings (SSSR count). The zero-order valence-corrected chi connectivity index (χ0v) is 9.40. The Bertz CT molecular complexity index is 421. The Hall–Kier alpha value is -0.620. The number of rotatable bonds is 1. The predicted molar refractivity (Wildman–Crippen MR) is 51.0 cm³/mol. The Balaban J connectivity index is 3.51. The van der Waals surface area contributed by atoms with Crippen LogP contribution in [0.2, 0.25) is 5.02 Å². The molecule has 17 heavy (non-hydrogen) atoms. The summed E-state index contributed by atoms with van der Waals surface area (Å²) < 4.78 is 74.4. The molecule has 0 atom stereocenters. The summed E-state index contributed by atoms with van der Waals surface area (Å²) in [5.74, 6) is -0.619. The molecule has 0 saturated heterocycles. The van der Waals surface area contributed by atoms with Gasteiger partial charge in [0.15, 0.2) is 0 Å². The Labute approximate surface area is 102 Å². The van der Waals surface area contributed by atoms with E-state index < -0.39 is 39.9 Å². The second-order valence-corrected chi connectivity index (χ2v) is 3.79. The first-order valence-electron chi connectivity index (χ1n) is 4.10. The van der Waals surface area contributed by atoms with Crippen molar-refractivity contribution < 1.29 is 26.3 Å². The maximum absolute atomic E-state index is 12.5. The van der Waals surface area contributed by atoms with E-state index in [2.05, 4.69) is 0 Å². The van der Waals surface area contributed by atoms with Gasteiger partial charge in [-0.05, 0) is 17.7 Å². The standard InChI is InChI=1S/C9H4Cl2F6/c10-3-5-6(9(15,16)17)1-4(2-7(5)11)8(12,13)14/h1-2H,3H2. The lowest BCUT2D eigenvalue weighted by Gasteiger charge is -2.16. The molecule has 1 aromatic rings. The average Bonchev–Trinajstić information content (AvgIpc) is 2.13. The summed E-state index contributed by atoms with van der Waals surface area (Å²) in [6.45, 7) is 0. The molecule has 0 saturated carbocycles. The SMILES string of the molecule is FC(F)(F)c1cc(Cl)c(CCl)c(C(F)(F)F)c1. The van der Waals surface area contributed by atoms with Crippen molar-refractivity contribution in [3.8, 4) is 0 Å². The van der Waals surface area contributed by atoms with Gasteiger partial charge in [0.2, 0.25) is 0 Å². The van der Waals surface area contributed by atoms with Crippen molar-refractivity contribution >= 4 is 23.2 Å².